The minimum atomic E-state index is -0.233. The Hall–Kier alpha value is -0.350. The van der Waals surface area contributed by atoms with E-state index in [1.807, 2.05) is 6.07 Å². The van der Waals surface area contributed by atoms with Crippen molar-refractivity contribution in [2.75, 3.05) is 26.2 Å². The number of hydrogen-bond donors (Lipinski definition) is 1. The van der Waals surface area contributed by atoms with Crippen LogP contribution in [0.25, 0.3) is 0 Å². The van der Waals surface area contributed by atoms with Crippen molar-refractivity contribution in [3.8, 4) is 0 Å². The van der Waals surface area contributed by atoms with Crippen LogP contribution < -0.4 is 5.32 Å². The Morgan fingerprint density at radius 2 is 1.95 bits per heavy atom. The fourth-order valence-corrected chi connectivity index (χ4v) is 3.14. The quantitative estimate of drug-likeness (QED) is 0.774. The van der Waals surface area contributed by atoms with E-state index in [1.165, 1.54) is 25.3 Å². The lowest BCUT2D eigenvalue weighted by atomic mass is 9.98. The van der Waals surface area contributed by atoms with Crippen molar-refractivity contribution in [3.05, 3.63) is 34.6 Å². The molecule has 0 radical (unpaired) electrons. The molecule has 1 N–H and O–H groups in total. The molecular weight excluding hydrogens is 310 g/mol. The predicted octanol–water partition coefficient (Wildman–Crippen LogP) is 4.43. The third-order valence-corrected chi connectivity index (χ3v) is 4.16. The number of rotatable bonds is 6. The number of benzene rings is 1. The zero-order valence-corrected chi connectivity index (χ0v) is 14.2. The Morgan fingerprint density at radius 1 is 1.24 bits per heavy atom. The Balaban J connectivity index is 0.00000220. The van der Waals surface area contributed by atoms with E-state index in [9.17, 15) is 4.39 Å². The van der Waals surface area contributed by atoms with Gasteiger partial charge in [-0.05, 0) is 30.2 Å². The molecule has 120 valence electrons. The van der Waals surface area contributed by atoms with Crippen LogP contribution in [0.4, 0.5) is 4.39 Å². The largest absolute Gasteiger partial charge is 0.314 e. The van der Waals surface area contributed by atoms with E-state index in [-0.39, 0.29) is 24.3 Å². The number of unbranched alkanes of at least 4 members (excludes halogenated alkanes) is 2. The van der Waals surface area contributed by atoms with Crippen LogP contribution in [-0.2, 0) is 0 Å². The summed E-state index contributed by atoms with van der Waals surface area (Å²) in [6, 6.07) is 5.23. The summed E-state index contributed by atoms with van der Waals surface area (Å²) in [5.74, 6) is -0.233. The van der Waals surface area contributed by atoms with Gasteiger partial charge in [0.1, 0.15) is 5.82 Å². The van der Waals surface area contributed by atoms with Crippen LogP contribution in [0.2, 0.25) is 5.02 Å². The van der Waals surface area contributed by atoms with Gasteiger partial charge in [-0.2, -0.15) is 0 Å². The van der Waals surface area contributed by atoms with Gasteiger partial charge in [0.25, 0.3) is 0 Å². The highest BCUT2D eigenvalue weighted by atomic mass is 35.5. The van der Waals surface area contributed by atoms with Crippen molar-refractivity contribution in [1.29, 1.82) is 0 Å². The van der Waals surface area contributed by atoms with Crippen LogP contribution in [0.5, 0.6) is 0 Å². The summed E-state index contributed by atoms with van der Waals surface area (Å²) in [6.45, 7) is 6.26. The zero-order chi connectivity index (χ0) is 14.4. The molecule has 0 aliphatic carbocycles. The predicted molar refractivity (Wildman–Crippen MR) is 90.0 cm³/mol. The van der Waals surface area contributed by atoms with E-state index < -0.39 is 0 Å². The van der Waals surface area contributed by atoms with E-state index in [1.54, 1.807) is 6.07 Å². The van der Waals surface area contributed by atoms with Crippen molar-refractivity contribution in [3.63, 3.8) is 0 Å². The molecule has 1 aliphatic rings. The lowest BCUT2D eigenvalue weighted by Crippen LogP contribution is -2.45. The van der Waals surface area contributed by atoms with Crippen LogP contribution in [0.1, 0.15) is 44.2 Å². The molecule has 0 unspecified atom stereocenters. The first-order valence-corrected chi connectivity index (χ1v) is 7.99. The maximum Gasteiger partial charge on any atom is 0.125 e. The van der Waals surface area contributed by atoms with Crippen molar-refractivity contribution in [2.24, 2.45) is 0 Å². The summed E-state index contributed by atoms with van der Waals surface area (Å²) in [5, 5.41) is 3.87. The van der Waals surface area contributed by atoms with Crippen LogP contribution in [0.3, 0.4) is 0 Å². The second-order valence-electron chi connectivity index (χ2n) is 5.50. The van der Waals surface area contributed by atoms with Crippen molar-refractivity contribution in [1.82, 2.24) is 10.2 Å². The highest BCUT2D eigenvalue weighted by molar-refractivity contribution is 6.30. The first-order valence-electron chi connectivity index (χ1n) is 7.61. The minimum absolute atomic E-state index is 0. The smallest absolute Gasteiger partial charge is 0.125 e. The molecule has 0 amide bonds. The van der Waals surface area contributed by atoms with Gasteiger partial charge in [-0.1, -0.05) is 37.8 Å². The van der Waals surface area contributed by atoms with E-state index in [0.29, 0.717) is 5.02 Å². The lowest BCUT2D eigenvalue weighted by Gasteiger charge is -2.35. The summed E-state index contributed by atoms with van der Waals surface area (Å²) < 4.78 is 13.6. The number of hydrogen-bond acceptors (Lipinski definition) is 2. The molecule has 1 aliphatic heterocycles. The van der Waals surface area contributed by atoms with Gasteiger partial charge < -0.3 is 5.32 Å². The van der Waals surface area contributed by atoms with Gasteiger partial charge in [-0.25, -0.2) is 4.39 Å². The summed E-state index contributed by atoms with van der Waals surface area (Å²) in [6.07, 6.45) is 4.69. The van der Waals surface area contributed by atoms with Crippen molar-refractivity contribution >= 4 is 24.0 Å². The molecule has 1 saturated heterocycles. The fourth-order valence-electron chi connectivity index (χ4n) is 2.91. The van der Waals surface area contributed by atoms with Gasteiger partial charge in [0.2, 0.25) is 0 Å². The van der Waals surface area contributed by atoms with Crippen molar-refractivity contribution < 1.29 is 4.39 Å². The molecule has 0 spiro atoms. The number of nitrogens with zero attached hydrogens (tertiary/aromatic N) is 1. The number of nitrogens with one attached hydrogen (secondary N) is 1. The van der Waals surface area contributed by atoms with Gasteiger partial charge in [0.05, 0.1) is 0 Å². The van der Waals surface area contributed by atoms with Gasteiger partial charge in [-0.15, -0.1) is 12.4 Å². The highest BCUT2D eigenvalue weighted by Crippen LogP contribution is 2.29. The average Bonchev–Trinajstić information content (AvgIpc) is 2.43. The summed E-state index contributed by atoms with van der Waals surface area (Å²) in [7, 11) is 0. The molecule has 21 heavy (non-hydrogen) atoms. The average molecular weight is 335 g/mol. The first-order chi connectivity index (χ1) is 9.70. The van der Waals surface area contributed by atoms with E-state index in [0.717, 1.165) is 38.2 Å². The number of piperazine rings is 1. The molecule has 1 aromatic rings. The lowest BCUT2D eigenvalue weighted by molar-refractivity contribution is 0.162. The van der Waals surface area contributed by atoms with Crippen molar-refractivity contribution in [2.45, 2.75) is 38.6 Å². The van der Waals surface area contributed by atoms with Gasteiger partial charge >= 0.3 is 0 Å². The molecule has 0 bridgehead atoms. The first kappa shape index (κ1) is 18.7. The van der Waals surface area contributed by atoms with Gasteiger partial charge in [0.15, 0.2) is 0 Å². The monoisotopic (exact) mass is 334 g/mol. The highest BCUT2D eigenvalue weighted by Gasteiger charge is 2.22. The molecule has 1 aromatic carbocycles. The minimum Gasteiger partial charge on any atom is -0.314 e. The molecule has 0 aromatic heterocycles. The standard InChI is InChI=1S/C16H24ClFN2.ClH/c1-2-3-4-5-16(20-8-6-19-7-9-20)13-10-14(17)12-15(18)11-13;/h10-12,16,19H,2-9H2,1H3;1H/t16-;/m0./s1. The summed E-state index contributed by atoms with van der Waals surface area (Å²) in [5.41, 5.74) is 1.02. The second-order valence-corrected chi connectivity index (χ2v) is 5.94. The van der Waals surface area contributed by atoms with E-state index in [2.05, 4.69) is 17.1 Å². The Kier molecular flexibility index (Phi) is 8.57. The molecule has 0 saturated carbocycles. The van der Waals surface area contributed by atoms with Crippen LogP contribution in [-0.4, -0.2) is 31.1 Å². The zero-order valence-electron chi connectivity index (χ0n) is 12.6. The summed E-state index contributed by atoms with van der Waals surface area (Å²) >= 11 is 6.02. The molecule has 2 rings (SSSR count). The maximum absolute atomic E-state index is 13.6. The van der Waals surface area contributed by atoms with E-state index in [4.69, 9.17) is 11.6 Å². The van der Waals surface area contributed by atoms with E-state index >= 15 is 0 Å². The Morgan fingerprint density at radius 3 is 2.57 bits per heavy atom. The molecule has 1 heterocycles. The topological polar surface area (TPSA) is 15.3 Å². The molecular formula is C16H25Cl2FN2. The molecule has 1 fully saturated rings. The van der Waals surface area contributed by atoms with Gasteiger partial charge in [0, 0.05) is 37.2 Å². The van der Waals surface area contributed by atoms with Gasteiger partial charge in [-0.3, -0.25) is 4.90 Å². The SMILES string of the molecule is CCCCC[C@@H](c1cc(F)cc(Cl)c1)N1CCNCC1.Cl. The Bertz CT molecular complexity index is 402. The third-order valence-electron chi connectivity index (χ3n) is 3.94. The maximum atomic E-state index is 13.6. The summed E-state index contributed by atoms with van der Waals surface area (Å²) in [4.78, 5) is 2.46. The second kappa shape index (κ2) is 9.62. The molecule has 1 atom stereocenters. The van der Waals surface area contributed by atoms with Crippen LogP contribution in [0.15, 0.2) is 18.2 Å². The fraction of sp³-hybridized carbons (Fsp3) is 0.625. The van der Waals surface area contributed by atoms with Crippen LogP contribution >= 0.6 is 24.0 Å². The Labute approximate surface area is 138 Å². The molecule has 5 heteroatoms. The number of halogens is 3. The van der Waals surface area contributed by atoms with Crippen LogP contribution in [0, 0.1) is 5.82 Å². The third kappa shape index (κ3) is 5.74. The molecule has 2 nitrogen and oxygen atoms in total. The normalized spacial score (nSPS) is 17.3.